The highest BCUT2D eigenvalue weighted by molar-refractivity contribution is 7.45. The first-order valence-electron chi connectivity index (χ1n) is 10.0. The Morgan fingerprint density at radius 1 is 1.27 bits per heavy atom. The molecule has 0 fully saturated rings. The van der Waals surface area contributed by atoms with Crippen molar-refractivity contribution in [3.63, 3.8) is 0 Å². The van der Waals surface area contributed by atoms with E-state index in [1.165, 1.54) is 23.9 Å². The number of esters is 1. The third kappa shape index (κ3) is 8.41. The van der Waals surface area contributed by atoms with Crippen molar-refractivity contribution < 1.29 is 23.3 Å². The number of rotatable bonds is 12. The molecule has 10 nitrogen and oxygen atoms in total. The van der Waals surface area contributed by atoms with E-state index in [0.29, 0.717) is 22.2 Å². The minimum Gasteiger partial charge on any atom is -0.468 e. The third-order valence-electron chi connectivity index (χ3n) is 4.40. The van der Waals surface area contributed by atoms with E-state index in [9.17, 15) is 9.59 Å². The summed E-state index contributed by atoms with van der Waals surface area (Å²) in [4.78, 5) is 27.6. The van der Waals surface area contributed by atoms with Gasteiger partial charge < -0.3 is 24.3 Å². The van der Waals surface area contributed by atoms with E-state index in [-0.39, 0.29) is 18.5 Å². The molecule has 182 valence electrons. The van der Waals surface area contributed by atoms with Gasteiger partial charge in [-0.1, -0.05) is 30.1 Å². The molecule has 3 unspecified atom stereocenters. The van der Waals surface area contributed by atoms with E-state index in [2.05, 4.69) is 10.1 Å². The predicted octanol–water partition coefficient (Wildman–Crippen LogP) is 3.92. The van der Waals surface area contributed by atoms with Crippen molar-refractivity contribution in [1.29, 1.82) is 0 Å². The maximum Gasteiger partial charge on any atom is 0.351 e. The summed E-state index contributed by atoms with van der Waals surface area (Å²) in [5, 5.41) is 3.66. The number of nitrogens with one attached hydrogen (secondary N) is 1. The van der Waals surface area contributed by atoms with Crippen molar-refractivity contribution in [3.05, 3.63) is 51.0 Å². The normalized spacial score (nSPS) is 14.8. The highest BCUT2D eigenvalue weighted by atomic mass is 35.5. The number of hydrogen-bond donors (Lipinski definition) is 2. The molecule has 0 aliphatic rings. The lowest BCUT2D eigenvalue weighted by Crippen LogP contribution is -2.34. The summed E-state index contributed by atoms with van der Waals surface area (Å²) in [6, 6.07) is 5.59. The van der Waals surface area contributed by atoms with Crippen LogP contribution in [-0.2, 0) is 18.8 Å². The van der Waals surface area contributed by atoms with Crippen molar-refractivity contribution in [2.24, 2.45) is 0 Å². The number of methoxy groups -OCH3 is 1. The van der Waals surface area contributed by atoms with Crippen molar-refractivity contribution >= 4 is 43.5 Å². The Labute approximate surface area is 203 Å². The molecule has 1 aromatic heterocycles. The maximum atomic E-state index is 12.1. The Morgan fingerprint density at radius 3 is 2.61 bits per heavy atom. The van der Waals surface area contributed by atoms with Gasteiger partial charge in [-0.3, -0.25) is 9.36 Å². The Hall–Kier alpha value is -1.94. The molecule has 1 aromatic carbocycles. The van der Waals surface area contributed by atoms with Gasteiger partial charge in [0.1, 0.15) is 23.8 Å². The van der Waals surface area contributed by atoms with Crippen molar-refractivity contribution in [2.45, 2.75) is 45.6 Å². The number of nitrogens with two attached hydrogens (primary N) is 1. The molecule has 0 amide bonds. The minimum atomic E-state index is -1.79. The van der Waals surface area contributed by atoms with Gasteiger partial charge in [0, 0.05) is 12.3 Å². The lowest BCUT2D eigenvalue weighted by Gasteiger charge is -2.26. The second-order valence-corrected chi connectivity index (χ2v) is 8.93. The van der Waals surface area contributed by atoms with Crippen LogP contribution in [0.1, 0.15) is 33.4 Å². The maximum absolute atomic E-state index is 12.1. The molecule has 2 rings (SSSR count). The highest BCUT2D eigenvalue weighted by Crippen LogP contribution is 2.38. The van der Waals surface area contributed by atoms with Gasteiger partial charge in [-0.25, -0.2) is 9.88 Å². The molecular formula is C20H27Cl2N4O6P. The SMILES string of the molecule is CCC(COP(N[C@@H](C)C(=O)OC)Oc1ccc(Cl)c(Cl)c1)OC(C)n1ccc(N)nc1=O. The zero-order valence-electron chi connectivity index (χ0n) is 18.7. The molecule has 0 radical (unpaired) electrons. The number of carbonyl (C=O) groups is 1. The number of halogens is 2. The standard InChI is InChI=1S/C20H27Cl2N4O6P/c1-5-14(31-13(3)26-9-8-18(23)24-20(26)28)11-30-33(25-12(2)19(27)29-4)32-15-6-7-16(21)17(22)10-15/h6-10,12-14,25H,5,11H2,1-4H3,(H2,23,24,28)/t12-,13?,14?,33?/m0/s1. The summed E-state index contributed by atoms with van der Waals surface area (Å²) in [7, 11) is -0.503. The van der Waals surface area contributed by atoms with Crippen LogP contribution < -0.4 is 21.0 Å². The number of hydrogen-bond acceptors (Lipinski definition) is 9. The van der Waals surface area contributed by atoms with Crippen LogP contribution >= 0.6 is 31.7 Å². The number of carbonyl (C=O) groups excluding carboxylic acids is 1. The molecule has 1 heterocycles. The summed E-state index contributed by atoms with van der Waals surface area (Å²) in [5.74, 6) is 0.0626. The molecule has 4 atom stereocenters. The van der Waals surface area contributed by atoms with Gasteiger partial charge in [0.05, 0.1) is 29.9 Å². The molecular weight excluding hydrogens is 494 g/mol. The van der Waals surface area contributed by atoms with E-state index < -0.39 is 32.5 Å². The van der Waals surface area contributed by atoms with Gasteiger partial charge in [-0.15, -0.1) is 0 Å². The van der Waals surface area contributed by atoms with Crippen LogP contribution in [0.4, 0.5) is 5.82 Å². The zero-order valence-corrected chi connectivity index (χ0v) is 21.1. The fraction of sp³-hybridized carbons (Fsp3) is 0.450. The number of aromatic nitrogens is 2. The van der Waals surface area contributed by atoms with Gasteiger partial charge in [0.2, 0.25) is 0 Å². The van der Waals surface area contributed by atoms with Crippen LogP contribution in [0.2, 0.25) is 10.0 Å². The Balaban J connectivity index is 2.08. The van der Waals surface area contributed by atoms with Crippen molar-refractivity contribution in [1.82, 2.24) is 14.6 Å². The summed E-state index contributed by atoms with van der Waals surface area (Å²) >= 11 is 12.0. The van der Waals surface area contributed by atoms with E-state index in [1.807, 2.05) is 6.92 Å². The number of nitrogen functional groups attached to an aromatic ring is 1. The highest BCUT2D eigenvalue weighted by Gasteiger charge is 2.24. The average molecular weight is 521 g/mol. The molecule has 0 aliphatic heterocycles. The first kappa shape index (κ1) is 27.3. The quantitative estimate of drug-likeness (QED) is 0.316. The van der Waals surface area contributed by atoms with Crippen molar-refractivity contribution in [2.75, 3.05) is 19.5 Å². The van der Waals surface area contributed by atoms with Gasteiger partial charge >= 0.3 is 20.2 Å². The molecule has 0 saturated carbocycles. The van der Waals surface area contributed by atoms with E-state index in [4.69, 9.17) is 47.5 Å². The Bertz CT molecular complexity index is 995. The van der Waals surface area contributed by atoms with Gasteiger partial charge in [0.25, 0.3) is 0 Å². The van der Waals surface area contributed by atoms with E-state index in [0.717, 1.165) is 0 Å². The fourth-order valence-electron chi connectivity index (χ4n) is 2.56. The van der Waals surface area contributed by atoms with Crippen LogP contribution in [-0.4, -0.2) is 41.4 Å². The largest absolute Gasteiger partial charge is 0.468 e. The topological polar surface area (TPSA) is 127 Å². The van der Waals surface area contributed by atoms with Crippen molar-refractivity contribution in [3.8, 4) is 5.75 Å². The first-order valence-corrected chi connectivity index (χ1v) is 12.0. The number of benzene rings is 1. The fourth-order valence-corrected chi connectivity index (χ4v) is 4.05. The van der Waals surface area contributed by atoms with Crippen LogP contribution in [0.5, 0.6) is 5.75 Å². The first-order chi connectivity index (χ1) is 15.6. The second-order valence-electron chi connectivity index (χ2n) is 6.90. The summed E-state index contributed by atoms with van der Waals surface area (Å²) in [6.45, 7) is 5.37. The van der Waals surface area contributed by atoms with E-state index in [1.54, 1.807) is 32.0 Å². The van der Waals surface area contributed by atoms with E-state index >= 15 is 0 Å². The van der Waals surface area contributed by atoms with Crippen LogP contribution in [0, 0.1) is 0 Å². The van der Waals surface area contributed by atoms with Gasteiger partial charge in [0.15, 0.2) is 0 Å². The minimum absolute atomic E-state index is 0.117. The third-order valence-corrected chi connectivity index (χ3v) is 6.50. The molecule has 13 heteroatoms. The van der Waals surface area contributed by atoms with Crippen LogP contribution in [0.3, 0.4) is 0 Å². The summed E-state index contributed by atoms with van der Waals surface area (Å²) < 4.78 is 23.8. The lowest BCUT2D eigenvalue weighted by atomic mass is 10.3. The molecule has 0 spiro atoms. The Kier molecular flexibility index (Phi) is 10.8. The molecule has 33 heavy (non-hydrogen) atoms. The zero-order chi connectivity index (χ0) is 24.5. The number of anilines is 1. The average Bonchev–Trinajstić information content (AvgIpc) is 2.77. The molecule has 3 N–H and O–H groups in total. The van der Waals surface area contributed by atoms with Crippen LogP contribution in [0.15, 0.2) is 35.3 Å². The summed E-state index contributed by atoms with van der Waals surface area (Å²) in [6.07, 6.45) is 1.11. The van der Waals surface area contributed by atoms with Crippen LogP contribution in [0.25, 0.3) is 0 Å². The molecule has 0 aliphatic carbocycles. The molecule has 0 saturated heterocycles. The van der Waals surface area contributed by atoms with Gasteiger partial charge in [-0.2, -0.15) is 4.98 Å². The van der Waals surface area contributed by atoms with Gasteiger partial charge in [-0.05, 0) is 38.5 Å². The molecule has 0 bridgehead atoms. The summed E-state index contributed by atoms with van der Waals surface area (Å²) in [5.41, 5.74) is 5.02. The predicted molar refractivity (Wildman–Crippen MR) is 127 cm³/mol. The monoisotopic (exact) mass is 520 g/mol. The number of ether oxygens (including phenoxy) is 2. The Morgan fingerprint density at radius 2 is 2.00 bits per heavy atom. The second kappa shape index (κ2) is 13.1. The number of nitrogens with zero attached hydrogens (tertiary/aromatic N) is 2. The smallest absolute Gasteiger partial charge is 0.351 e. The molecule has 2 aromatic rings. The lowest BCUT2D eigenvalue weighted by molar-refractivity contribution is -0.142.